The summed E-state index contributed by atoms with van der Waals surface area (Å²) in [5, 5.41) is 6.19. The van der Waals surface area contributed by atoms with Gasteiger partial charge in [-0.05, 0) is 61.0 Å². The highest BCUT2D eigenvalue weighted by molar-refractivity contribution is 5.91. The summed E-state index contributed by atoms with van der Waals surface area (Å²) in [7, 11) is 0. The zero-order valence-electron chi connectivity index (χ0n) is 14.7. The van der Waals surface area contributed by atoms with Gasteiger partial charge in [-0.15, -0.1) is 0 Å². The van der Waals surface area contributed by atoms with Gasteiger partial charge in [0, 0.05) is 17.1 Å². The average Bonchev–Trinajstić information content (AvgIpc) is 2.64. The van der Waals surface area contributed by atoms with Crippen LogP contribution in [0.3, 0.4) is 0 Å². The Hall–Kier alpha value is -3.27. The molecule has 3 aromatic carbocycles. The van der Waals surface area contributed by atoms with Gasteiger partial charge in [-0.3, -0.25) is 4.79 Å². The van der Waals surface area contributed by atoms with Crippen molar-refractivity contribution in [1.82, 2.24) is 0 Å². The number of ether oxygens (including phenoxy) is 1. The third-order valence-corrected chi connectivity index (χ3v) is 3.82. The summed E-state index contributed by atoms with van der Waals surface area (Å²) in [6, 6.07) is 25.4. The predicted molar refractivity (Wildman–Crippen MR) is 106 cm³/mol. The van der Waals surface area contributed by atoms with Crippen molar-refractivity contribution >= 4 is 23.0 Å². The van der Waals surface area contributed by atoms with Gasteiger partial charge in [-0.2, -0.15) is 0 Å². The van der Waals surface area contributed by atoms with E-state index in [-0.39, 0.29) is 5.91 Å². The summed E-state index contributed by atoms with van der Waals surface area (Å²) in [6.07, 6.45) is 0.304. The molecule has 0 aliphatic rings. The van der Waals surface area contributed by atoms with Gasteiger partial charge in [0.15, 0.2) is 0 Å². The molecule has 3 rings (SSSR count). The van der Waals surface area contributed by atoms with Crippen molar-refractivity contribution in [3.05, 3.63) is 84.4 Å². The molecule has 1 amide bonds. The molecule has 26 heavy (non-hydrogen) atoms. The summed E-state index contributed by atoms with van der Waals surface area (Å²) in [6.45, 7) is 2.36. The first kappa shape index (κ1) is 17.5. The molecule has 0 aliphatic carbocycles. The second-order valence-corrected chi connectivity index (χ2v) is 6.03. The number of hydrogen-bond acceptors (Lipinski definition) is 3. The Kier molecular flexibility index (Phi) is 5.88. The van der Waals surface area contributed by atoms with Gasteiger partial charge in [0.2, 0.25) is 5.91 Å². The topological polar surface area (TPSA) is 50.4 Å². The molecule has 0 aliphatic heterocycles. The van der Waals surface area contributed by atoms with Gasteiger partial charge >= 0.3 is 0 Å². The lowest BCUT2D eigenvalue weighted by Crippen LogP contribution is -2.15. The van der Waals surface area contributed by atoms with Crippen molar-refractivity contribution in [2.24, 2.45) is 0 Å². The molecule has 0 aromatic heterocycles. The summed E-state index contributed by atoms with van der Waals surface area (Å²) >= 11 is 0. The monoisotopic (exact) mass is 346 g/mol. The van der Waals surface area contributed by atoms with E-state index < -0.39 is 0 Å². The van der Waals surface area contributed by atoms with Crippen LogP contribution in [-0.4, -0.2) is 12.5 Å². The quantitative estimate of drug-likeness (QED) is 0.622. The van der Waals surface area contributed by atoms with Crippen LogP contribution < -0.4 is 15.4 Å². The Morgan fingerprint density at radius 3 is 2.27 bits per heavy atom. The summed E-state index contributed by atoms with van der Waals surface area (Å²) in [5.74, 6) is 0.718. The highest BCUT2D eigenvalue weighted by atomic mass is 16.5. The first-order chi connectivity index (χ1) is 12.7. The average molecular weight is 346 g/mol. The van der Waals surface area contributed by atoms with Crippen LogP contribution >= 0.6 is 0 Å². The van der Waals surface area contributed by atoms with E-state index in [2.05, 4.69) is 10.6 Å². The number of para-hydroxylation sites is 1. The van der Waals surface area contributed by atoms with E-state index in [4.69, 9.17) is 4.74 Å². The number of aryl methyl sites for hydroxylation is 1. The van der Waals surface area contributed by atoms with Crippen LogP contribution in [0.4, 0.5) is 17.1 Å². The molecule has 3 aromatic rings. The lowest BCUT2D eigenvalue weighted by molar-refractivity contribution is -0.116. The van der Waals surface area contributed by atoms with Crippen LogP contribution in [0, 0.1) is 6.92 Å². The number of carbonyl (C=O) groups excluding carboxylic acids is 1. The molecule has 0 atom stereocenters. The number of rotatable bonds is 7. The maximum Gasteiger partial charge on any atom is 0.227 e. The van der Waals surface area contributed by atoms with E-state index in [1.165, 1.54) is 0 Å². The maximum atomic E-state index is 12.0. The lowest BCUT2D eigenvalue weighted by Gasteiger charge is -2.09. The number of hydrogen-bond donors (Lipinski definition) is 2. The molecule has 0 unspecified atom stereocenters. The van der Waals surface area contributed by atoms with Crippen molar-refractivity contribution in [2.75, 3.05) is 17.2 Å². The second kappa shape index (κ2) is 8.72. The summed E-state index contributed by atoms with van der Waals surface area (Å²) in [5.41, 5.74) is 3.90. The van der Waals surface area contributed by atoms with Gasteiger partial charge in [0.05, 0.1) is 13.0 Å². The SMILES string of the molecule is Cc1cccc(OCCC(=O)Nc2ccc(Nc3ccccc3)cc2)c1. The second-order valence-electron chi connectivity index (χ2n) is 6.03. The maximum absolute atomic E-state index is 12.0. The van der Waals surface area contributed by atoms with Crippen LogP contribution in [0.2, 0.25) is 0 Å². The van der Waals surface area contributed by atoms with Crippen LogP contribution in [0.15, 0.2) is 78.9 Å². The Morgan fingerprint density at radius 2 is 1.54 bits per heavy atom. The van der Waals surface area contributed by atoms with E-state index in [1.54, 1.807) is 0 Å². The van der Waals surface area contributed by atoms with Crippen molar-refractivity contribution < 1.29 is 9.53 Å². The predicted octanol–water partition coefficient (Wildman–Crippen LogP) is 5.15. The summed E-state index contributed by atoms with van der Waals surface area (Å²) < 4.78 is 5.61. The molecule has 0 saturated carbocycles. The Labute approximate surface area is 153 Å². The zero-order valence-corrected chi connectivity index (χ0v) is 14.7. The van der Waals surface area contributed by atoms with E-state index in [9.17, 15) is 4.79 Å². The fourth-order valence-corrected chi connectivity index (χ4v) is 2.52. The minimum atomic E-state index is -0.0681. The van der Waals surface area contributed by atoms with E-state index in [1.807, 2.05) is 85.8 Å². The third kappa shape index (κ3) is 5.38. The van der Waals surface area contributed by atoms with Gasteiger partial charge in [0.1, 0.15) is 5.75 Å². The highest BCUT2D eigenvalue weighted by Gasteiger charge is 2.04. The van der Waals surface area contributed by atoms with E-state index in [0.29, 0.717) is 13.0 Å². The van der Waals surface area contributed by atoms with Gasteiger partial charge < -0.3 is 15.4 Å². The Balaban J connectivity index is 1.45. The molecule has 2 N–H and O–H groups in total. The Bertz CT molecular complexity index is 846. The number of nitrogens with one attached hydrogen (secondary N) is 2. The van der Waals surface area contributed by atoms with Crippen molar-refractivity contribution in [3.8, 4) is 5.75 Å². The summed E-state index contributed by atoms with van der Waals surface area (Å²) in [4.78, 5) is 12.0. The molecule has 4 nitrogen and oxygen atoms in total. The number of benzene rings is 3. The van der Waals surface area contributed by atoms with Crippen molar-refractivity contribution in [2.45, 2.75) is 13.3 Å². The van der Waals surface area contributed by atoms with Gasteiger partial charge in [-0.1, -0.05) is 30.3 Å². The molecular weight excluding hydrogens is 324 g/mol. The standard InChI is InChI=1S/C22H22N2O2/c1-17-6-5-9-21(16-17)26-15-14-22(25)24-20-12-10-19(11-13-20)23-18-7-3-2-4-8-18/h2-13,16,23H,14-15H2,1H3,(H,24,25). The fourth-order valence-electron chi connectivity index (χ4n) is 2.52. The fraction of sp³-hybridized carbons (Fsp3) is 0.136. The highest BCUT2D eigenvalue weighted by Crippen LogP contribution is 2.19. The van der Waals surface area contributed by atoms with Gasteiger partial charge in [0.25, 0.3) is 0 Å². The molecule has 0 fully saturated rings. The normalized spacial score (nSPS) is 10.2. The van der Waals surface area contributed by atoms with E-state index in [0.717, 1.165) is 28.4 Å². The van der Waals surface area contributed by atoms with Crippen LogP contribution in [-0.2, 0) is 4.79 Å². The number of amides is 1. The first-order valence-corrected chi connectivity index (χ1v) is 8.60. The molecule has 0 heterocycles. The molecular formula is C22H22N2O2. The van der Waals surface area contributed by atoms with Crippen LogP contribution in [0.25, 0.3) is 0 Å². The number of anilines is 3. The van der Waals surface area contributed by atoms with Gasteiger partial charge in [-0.25, -0.2) is 0 Å². The van der Waals surface area contributed by atoms with Crippen LogP contribution in [0.1, 0.15) is 12.0 Å². The minimum Gasteiger partial charge on any atom is -0.493 e. The largest absolute Gasteiger partial charge is 0.493 e. The zero-order chi connectivity index (χ0) is 18.2. The smallest absolute Gasteiger partial charge is 0.227 e. The molecule has 0 radical (unpaired) electrons. The molecule has 132 valence electrons. The third-order valence-electron chi connectivity index (χ3n) is 3.82. The van der Waals surface area contributed by atoms with E-state index >= 15 is 0 Å². The minimum absolute atomic E-state index is 0.0681. The Morgan fingerprint density at radius 1 is 0.846 bits per heavy atom. The first-order valence-electron chi connectivity index (χ1n) is 8.60. The van der Waals surface area contributed by atoms with Crippen molar-refractivity contribution in [3.63, 3.8) is 0 Å². The number of carbonyl (C=O) groups is 1. The molecule has 0 saturated heterocycles. The molecule has 4 heteroatoms. The lowest BCUT2D eigenvalue weighted by atomic mass is 10.2. The van der Waals surface area contributed by atoms with Crippen molar-refractivity contribution in [1.29, 1.82) is 0 Å². The van der Waals surface area contributed by atoms with Crippen LogP contribution in [0.5, 0.6) is 5.75 Å². The molecule has 0 spiro atoms. The molecule has 0 bridgehead atoms.